The molecule has 0 aliphatic carbocycles. The molecule has 0 saturated heterocycles. The van der Waals surface area contributed by atoms with Gasteiger partial charge < -0.3 is 4.74 Å². The van der Waals surface area contributed by atoms with Gasteiger partial charge >= 0.3 is 0 Å². The molecule has 6 rings (SSSR count). The van der Waals surface area contributed by atoms with E-state index in [1.54, 1.807) is 0 Å². The molecule has 2 unspecified atom stereocenters. The van der Waals surface area contributed by atoms with Crippen molar-refractivity contribution in [3.63, 3.8) is 0 Å². The summed E-state index contributed by atoms with van der Waals surface area (Å²) in [5, 5.41) is 0. The van der Waals surface area contributed by atoms with Crippen LogP contribution in [-0.2, 0) is 25.7 Å². The number of ether oxygens (including phenoxy) is 1. The molecule has 2 aliphatic rings. The van der Waals surface area contributed by atoms with Gasteiger partial charge in [-0.15, -0.1) is 0 Å². The third kappa shape index (κ3) is 5.20. The van der Waals surface area contributed by atoms with Crippen molar-refractivity contribution >= 4 is 0 Å². The summed E-state index contributed by atoms with van der Waals surface area (Å²) in [6.45, 7) is 2.23. The van der Waals surface area contributed by atoms with Gasteiger partial charge in [0.15, 0.2) is 0 Å². The maximum absolute atomic E-state index is 6.20. The molecule has 0 amide bonds. The van der Waals surface area contributed by atoms with Gasteiger partial charge in [-0.1, -0.05) is 72.8 Å². The zero-order valence-corrected chi connectivity index (χ0v) is 21.9. The lowest BCUT2D eigenvalue weighted by Gasteiger charge is -2.34. The second-order valence-electron chi connectivity index (χ2n) is 10.7. The normalized spacial score (nSPS) is 19.7. The van der Waals surface area contributed by atoms with E-state index in [2.05, 4.69) is 121 Å². The molecule has 4 aromatic carbocycles. The van der Waals surface area contributed by atoms with Crippen molar-refractivity contribution in [2.75, 3.05) is 27.2 Å². The van der Waals surface area contributed by atoms with E-state index in [0.717, 1.165) is 50.3 Å². The summed E-state index contributed by atoms with van der Waals surface area (Å²) in [5.74, 6) is 1.77. The van der Waals surface area contributed by atoms with E-state index >= 15 is 0 Å². The largest absolute Gasteiger partial charge is 0.457 e. The van der Waals surface area contributed by atoms with Crippen LogP contribution in [0.5, 0.6) is 11.5 Å². The molecule has 188 valence electrons. The Morgan fingerprint density at radius 2 is 0.973 bits per heavy atom. The molecule has 0 spiro atoms. The smallest absolute Gasteiger partial charge is 0.127 e. The Morgan fingerprint density at radius 3 is 1.41 bits per heavy atom. The Hall–Kier alpha value is -3.40. The summed E-state index contributed by atoms with van der Waals surface area (Å²) in [4.78, 5) is 4.97. The van der Waals surface area contributed by atoms with Crippen LogP contribution in [0.15, 0.2) is 97.1 Å². The van der Waals surface area contributed by atoms with Crippen LogP contribution < -0.4 is 4.74 Å². The number of hydrogen-bond donors (Lipinski definition) is 0. The Balaban J connectivity index is 1.10. The topological polar surface area (TPSA) is 15.7 Å². The van der Waals surface area contributed by atoms with Crippen molar-refractivity contribution in [1.82, 2.24) is 9.80 Å². The van der Waals surface area contributed by atoms with Gasteiger partial charge in [0, 0.05) is 25.2 Å². The average Bonchev–Trinajstić information content (AvgIpc) is 2.94. The highest BCUT2D eigenvalue weighted by atomic mass is 16.5. The van der Waals surface area contributed by atoms with Crippen molar-refractivity contribution in [2.45, 2.75) is 37.8 Å². The highest BCUT2D eigenvalue weighted by molar-refractivity contribution is 5.38. The van der Waals surface area contributed by atoms with Crippen molar-refractivity contribution in [1.29, 1.82) is 0 Å². The summed E-state index contributed by atoms with van der Waals surface area (Å²) in [6.07, 6.45) is 4.31. The first-order chi connectivity index (χ1) is 18.1. The lowest BCUT2D eigenvalue weighted by molar-refractivity contribution is 0.229. The van der Waals surface area contributed by atoms with Gasteiger partial charge in [0.25, 0.3) is 0 Å². The van der Waals surface area contributed by atoms with Gasteiger partial charge in [0.05, 0.1) is 0 Å². The Kier molecular flexibility index (Phi) is 6.82. The third-order valence-electron chi connectivity index (χ3n) is 8.30. The lowest BCUT2D eigenvalue weighted by Crippen LogP contribution is -2.33. The molecule has 0 radical (unpaired) electrons. The minimum atomic E-state index is 0.430. The van der Waals surface area contributed by atoms with E-state index < -0.39 is 0 Å². The Morgan fingerprint density at radius 1 is 0.568 bits per heavy atom. The average molecular weight is 489 g/mol. The molecule has 3 nitrogen and oxygen atoms in total. The van der Waals surface area contributed by atoms with Crippen molar-refractivity contribution < 1.29 is 4.74 Å². The van der Waals surface area contributed by atoms with Gasteiger partial charge in [-0.2, -0.15) is 0 Å². The second-order valence-corrected chi connectivity index (χ2v) is 10.7. The van der Waals surface area contributed by atoms with Gasteiger partial charge in [-0.05, 0) is 97.4 Å². The summed E-state index contributed by atoms with van der Waals surface area (Å²) in [5.41, 5.74) is 8.61. The van der Waals surface area contributed by atoms with E-state index in [0.29, 0.717) is 12.1 Å². The minimum Gasteiger partial charge on any atom is -0.457 e. The highest BCUT2D eigenvalue weighted by Crippen LogP contribution is 2.33. The van der Waals surface area contributed by atoms with Gasteiger partial charge in [-0.25, -0.2) is 0 Å². The molecule has 0 bridgehead atoms. The molecule has 0 N–H and O–H groups in total. The van der Waals surface area contributed by atoms with E-state index in [9.17, 15) is 0 Å². The van der Waals surface area contributed by atoms with Crippen molar-refractivity contribution in [2.24, 2.45) is 0 Å². The number of likely N-dealkylation sites (N-methyl/N-ethyl adjacent to an activating group) is 2. The van der Waals surface area contributed by atoms with Crippen LogP contribution in [0.4, 0.5) is 0 Å². The first kappa shape index (κ1) is 24.0. The van der Waals surface area contributed by atoms with Crippen LogP contribution in [0.3, 0.4) is 0 Å². The molecule has 2 heterocycles. The molecule has 0 fully saturated rings. The molecule has 0 aromatic heterocycles. The van der Waals surface area contributed by atoms with Gasteiger partial charge in [0.1, 0.15) is 11.5 Å². The summed E-state index contributed by atoms with van der Waals surface area (Å²) >= 11 is 0. The zero-order valence-electron chi connectivity index (χ0n) is 21.9. The quantitative estimate of drug-likeness (QED) is 0.290. The predicted molar refractivity (Wildman–Crippen MR) is 151 cm³/mol. The Bertz CT molecular complexity index is 1240. The minimum absolute atomic E-state index is 0.430. The third-order valence-corrected chi connectivity index (χ3v) is 8.30. The fourth-order valence-corrected chi connectivity index (χ4v) is 6.06. The molecule has 0 saturated carbocycles. The molecule has 3 heteroatoms. The molecular weight excluding hydrogens is 452 g/mol. The predicted octanol–water partition coefficient (Wildman–Crippen LogP) is 7.02. The lowest BCUT2D eigenvalue weighted by atomic mass is 9.89. The van der Waals surface area contributed by atoms with Gasteiger partial charge in [0.2, 0.25) is 0 Å². The second kappa shape index (κ2) is 10.5. The monoisotopic (exact) mass is 488 g/mol. The van der Waals surface area contributed by atoms with Crippen LogP contribution in [0.2, 0.25) is 0 Å². The van der Waals surface area contributed by atoms with Crippen LogP contribution >= 0.6 is 0 Å². The summed E-state index contributed by atoms with van der Waals surface area (Å²) in [6, 6.07) is 35.9. The number of benzene rings is 4. The number of rotatable bonds is 6. The Labute approximate surface area is 221 Å². The fraction of sp³-hybridized carbons (Fsp3) is 0.294. The van der Waals surface area contributed by atoms with E-state index in [4.69, 9.17) is 4.74 Å². The van der Waals surface area contributed by atoms with Crippen LogP contribution in [0.25, 0.3) is 0 Å². The SMILES string of the molecule is CN1CCc2ccccc2C1Cc1ccc(Oc2ccc(CC3c4ccccc4CCN3C)cc2)cc1. The molecule has 2 aliphatic heterocycles. The van der Waals surface area contributed by atoms with Crippen LogP contribution in [0, 0.1) is 0 Å². The number of nitrogens with zero attached hydrogens (tertiary/aromatic N) is 2. The maximum atomic E-state index is 6.20. The maximum Gasteiger partial charge on any atom is 0.127 e. The summed E-state index contributed by atoms with van der Waals surface area (Å²) in [7, 11) is 4.49. The highest BCUT2D eigenvalue weighted by Gasteiger charge is 2.25. The van der Waals surface area contributed by atoms with Crippen molar-refractivity contribution in [3.05, 3.63) is 130 Å². The van der Waals surface area contributed by atoms with Gasteiger partial charge in [-0.3, -0.25) is 9.80 Å². The molecule has 37 heavy (non-hydrogen) atoms. The standard InChI is InChI=1S/C34H36N2O/c1-35-21-19-27-7-3-5-9-31(27)33(35)23-25-11-15-29(16-12-25)37-30-17-13-26(14-18-30)24-34-32-10-6-4-8-28(32)20-22-36(34)2/h3-18,33-34H,19-24H2,1-2H3. The van der Waals surface area contributed by atoms with Crippen LogP contribution in [0.1, 0.15) is 45.5 Å². The van der Waals surface area contributed by atoms with Crippen LogP contribution in [-0.4, -0.2) is 37.0 Å². The zero-order chi connectivity index (χ0) is 25.2. The summed E-state index contributed by atoms with van der Waals surface area (Å²) < 4.78 is 6.20. The first-order valence-electron chi connectivity index (χ1n) is 13.6. The van der Waals surface area contributed by atoms with E-state index in [-0.39, 0.29) is 0 Å². The van der Waals surface area contributed by atoms with E-state index in [1.807, 2.05) is 0 Å². The molecule has 4 aromatic rings. The molecule has 2 atom stereocenters. The molecular formula is C34H36N2O. The van der Waals surface area contributed by atoms with E-state index in [1.165, 1.54) is 33.4 Å². The first-order valence-corrected chi connectivity index (χ1v) is 13.6. The number of hydrogen-bond acceptors (Lipinski definition) is 3. The fourth-order valence-electron chi connectivity index (χ4n) is 6.06. The number of fused-ring (bicyclic) bond motifs is 2. The van der Waals surface area contributed by atoms with Crippen molar-refractivity contribution in [3.8, 4) is 11.5 Å².